The summed E-state index contributed by atoms with van der Waals surface area (Å²) in [5.74, 6) is 0.160. The normalized spacial score (nSPS) is 12.8. The number of nitrogens with zero attached hydrogens (tertiary/aromatic N) is 3. The van der Waals surface area contributed by atoms with Crippen LogP contribution in [0.1, 0.15) is 37.4 Å². The molecule has 6 nitrogen and oxygen atoms in total. The van der Waals surface area contributed by atoms with Gasteiger partial charge in [-0.1, -0.05) is 60.7 Å². The lowest BCUT2D eigenvalue weighted by molar-refractivity contribution is 0.0642. The van der Waals surface area contributed by atoms with E-state index in [-0.39, 0.29) is 18.4 Å². The monoisotopic (exact) mass is 484 g/mol. The number of carbonyl (C=O) groups excluding carboxylic acids is 2. The molecular weight excluding hydrogens is 460 g/mol. The van der Waals surface area contributed by atoms with Crippen LogP contribution in [0.2, 0.25) is 0 Å². The molecule has 0 atom stereocenters. The molecule has 0 bridgehead atoms. The van der Waals surface area contributed by atoms with E-state index in [1.807, 2.05) is 61.5 Å². The van der Waals surface area contributed by atoms with Gasteiger partial charge >= 0.3 is 0 Å². The molecular formula is C31H24N4O2. The number of rotatable bonds is 5. The maximum atomic E-state index is 12.9. The van der Waals surface area contributed by atoms with Gasteiger partial charge in [-0.2, -0.15) is 0 Å². The minimum Gasteiger partial charge on any atom is -0.338 e. The van der Waals surface area contributed by atoms with Crippen LogP contribution in [0, 0.1) is 13.8 Å². The first-order valence-corrected chi connectivity index (χ1v) is 12.1. The summed E-state index contributed by atoms with van der Waals surface area (Å²) < 4.78 is 0. The highest BCUT2D eigenvalue weighted by Crippen LogP contribution is 2.33. The van der Waals surface area contributed by atoms with Gasteiger partial charge in [-0.3, -0.25) is 14.5 Å². The lowest BCUT2D eigenvalue weighted by Crippen LogP contribution is -2.29. The summed E-state index contributed by atoms with van der Waals surface area (Å²) in [6, 6.07) is 29.1. The van der Waals surface area contributed by atoms with Crippen molar-refractivity contribution in [3.63, 3.8) is 0 Å². The third-order valence-corrected chi connectivity index (χ3v) is 6.80. The molecule has 0 unspecified atom stereocenters. The zero-order valence-corrected chi connectivity index (χ0v) is 20.5. The molecule has 0 radical (unpaired) electrons. The van der Waals surface area contributed by atoms with Crippen LogP contribution in [0.3, 0.4) is 0 Å². The molecule has 6 heteroatoms. The molecule has 0 saturated heterocycles. The maximum absolute atomic E-state index is 12.9. The first-order chi connectivity index (χ1) is 18.0. The van der Waals surface area contributed by atoms with Gasteiger partial charge in [0, 0.05) is 22.0 Å². The highest BCUT2D eigenvalue weighted by atomic mass is 16.2. The van der Waals surface area contributed by atoms with Crippen LogP contribution < -0.4 is 5.32 Å². The Morgan fingerprint density at radius 2 is 1.43 bits per heavy atom. The fraction of sp³-hybridized carbons (Fsp3) is 0.0968. The van der Waals surface area contributed by atoms with Gasteiger partial charge in [-0.25, -0.2) is 0 Å². The summed E-state index contributed by atoms with van der Waals surface area (Å²) in [6.45, 7) is 4.23. The third-order valence-electron chi connectivity index (χ3n) is 6.80. The van der Waals surface area contributed by atoms with Crippen molar-refractivity contribution in [3.8, 4) is 11.3 Å². The number of fused-ring (bicyclic) bond motifs is 2. The number of amides is 2. The Bertz CT molecular complexity index is 1670. The van der Waals surface area contributed by atoms with E-state index in [0.29, 0.717) is 16.9 Å². The fourth-order valence-electron chi connectivity index (χ4n) is 4.81. The van der Waals surface area contributed by atoms with Crippen LogP contribution in [-0.4, -0.2) is 26.9 Å². The van der Waals surface area contributed by atoms with Gasteiger partial charge in [0.2, 0.25) is 0 Å². The number of imide groups is 1. The average Bonchev–Trinajstić information content (AvgIpc) is 3.15. The number of hydrogen-bond acceptors (Lipinski definition) is 5. The van der Waals surface area contributed by atoms with Crippen LogP contribution in [0.25, 0.3) is 22.0 Å². The third kappa shape index (κ3) is 4.02. The number of carbonyl (C=O) groups is 2. The standard InChI is InChI=1S/C31H24N4O2/c1-19-8-7-9-23(16-19)32-29-25-11-4-3-10-24(25)28(33-34-29)21-15-14-20(2)22(17-21)18-35-30(36)26-12-5-6-13-27(26)31(35)37/h3-17H,18H2,1-2H3,(H,32,34). The molecule has 2 heterocycles. The van der Waals surface area contributed by atoms with Crippen molar-refractivity contribution < 1.29 is 9.59 Å². The van der Waals surface area contributed by atoms with Gasteiger partial charge < -0.3 is 5.32 Å². The quantitative estimate of drug-likeness (QED) is 0.290. The van der Waals surface area contributed by atoms with Crippen LogP contribution in [0.15, 0.2) is 91.0 Å². The van der Waals surface area contributed by atoms with Crippen molar-refractivity contribution in [2.75, 3.05) is 5.32 Å². The van der Waals surface area contributed by atoms with Crippen LogP contribution in [0.5, 0.6) is 0 Å². The Kier molecular flexibility index (Phi) is 5.49. The minimum absolute atomic E-state index is 0.199. The van der Waals surface area contributed by atoms with E-state index in [9.17, 15) is 9.59 Å². The van der Waals surface area contributed by atoms with E-state index in [1.54, 1.807) is 24.3 Å². The summed E-state index contributed by atoms with van der Waals surface area (Å²) >= 11 is 0. The Morgan fingerprint density at radius 3 is 2.16 bits per heavy atom. The molecule has 0 spiro atoms. The Labute approximate surface area is 214 Å². The minimum atomic E-state index is -0.262. The van der Waals surface area contributed by atoms with E-state index in [0.717, 1.165) is 44.4 Å². The molecule has 6 rings (SSSR count). The van der Waals surface area contributed by atoms with Crippen LogP contribution in [0.4, 0.5) is 11.5 Å². The van der Waals surface area contributed by atoms with E-state index in [4.69, 9.17) is 0 Å². The molecule has 0 aliphatic carbocycles. The molecule has 37 heavy (non-hydrogen) atoms. The van der Waals surface area contributed by atoms with Crippen molar-refractivity contribution >= 4 is 34.1 Å². The highest BCUT2D eigenvalue weighted by molar-refractivity contribution is 6.21. The Balaban J connectivity index is 1.37. The number of anilines is 2. The number of nitrogens with one attached hydrogen (secondary N) is 1. The summed E-state index contributed by atoms with van der Waals surface area (Å²) in [6.07, 6.45) is 0. The molecule has 5 aromatic rings. The van der Waals surface area contributed by atoms with Crippen LogP contribution >= 0.6 is 0 Å². The van der Waals surface area contributed by atoms with E-state index < -0.39 is 0 Å². The van der Waals surface area contributed by atoms with Crippen molar-refractivity contribution in [2.24, 2.45) is 0 Å². The number of aromatic nitrogens is 2. The van der Waals surface area contributed by atoms with Crippen molar-refractivity contribution in [1.82, 2.24) is 15.1 Å². The second-order valence-corrected chi connectivity index (χ2v) is 9.32. The van der Waals surface area contributed by atoms with Gasteiger partial charge in [0.1, 0.15) is 5.69 Å². The SMILES string of the molecule is Cc1cccc(Nc2nnc(-c3ccc(C)c(CN4C(=O)c5ccccc5C4=O)c3)c3ccccc23)c1. The first kappa shape index (κ1) is 22.6. The summed E-state index contributed by atoms with van der Waals surface area (Å²) in [4.78, 5) is 27.2. The van der Waals surface area contributed by atoms with Crippen molar-refractivity contribution in [1.29, 1.82) is 0 Å². The van der Waals surface area contributed by atoms with Crippen molar-refractivity contribution in [3.05, 3.63) is 119 Å². The molecule has 1 aromatic heterocycles. The predicted molar refractivity (Wildman–Crippen MR) is 145 cm³/mol. The number of benzene rings is 4. The molecule has 1 N–H and O–H groups in total. The Hall–Kier alpha value is -4.84. The van der Waals surface area contributed by atoms with Gasteiger partial charge in [-0.05, 0) is 60.9 Å². The molecule has 1 aliphatic rings. The van der Waals surface area contributed by atoms with Gasteiger partial charge in [0.05, 0.1) is 17.7 Å². The number of hydrogen-bond donors (Lipinski definition) is 1. The first-order valence-electron chi connectivity index (χ1n) is 12.1. The topological polar surface area (TPSA) is 75.2 Å². The lowest BCUT2D eigenvalue weighted by atomic mass is 9.99. The zero-order chi connectivity index (χ0) is 25.5. The lowest BCUT2D eigenvalue weighted by Gasteiger charge is -2.17. The zero-order valence-electron chi connectivity index (χ0n) is 20.5. The maximum Gasteiger partial charge on any atom is 0.261 e. The van der Waals surface area contributed by atoms with E-state index >= 15 is 0 Å². The molecule has 180 valence electrons. The average molecular weight is 485 g/mol. The van der Waals surface area contributed by atoms with Gasteiger partial charge in [0.15, 0.2) is 5.82 Å². The highest BCUT2D eigenvalue weighted by Gasteiger charge is 2.35. The van der Waals surface area contributed by atoms with E-state index in [2.05, 4.69) is 34.6 Å². The Morgan fingerprint density at radius 1 is 0.730 bits per heavy atom. The predicted octanol–water partition coefficient (Wildman–Crippen LogP) is 6.45. The number of aryl methyl sites for hydroxylation is 2. The van der Waals surface area contributed by atoms with E-state index in [1.165, 1.54) is 4.90 Å². The second-order valence-electron chi connectivity index (χ2n) is 9.32. The van der Waals surface area contributed by atoms with Crippen LogP contribution in [-0.2, 0) is 6.54 Å². The molecule has 1 aliphatic heterocycles. The second kappa shape index (κ2) is 8.99. The smallest absolute Gasteiger partial charge is 0.261 e. The van der Waals surface area contributed by atoms with Gasteiger partial charge in [-0.15, -0.1) is 10.2 Å². The molecule has 2 amide bonds. The molecule has 4 aromatic carbocycles. The summed E-state index contributed by atoms with van der Waals surface area (Å²) in [7, 11) is 0. The largest absolute Gasteiger partial charge is 0.338 e. The molecule has 0 fully saturated rings. The fourth-order valence-corrected chi connectivity index (χ4v) is 4.81. The molecule has 0 saturated carbocycles. The summed E-state index contributed by atoms with van der Waals surface area (Å²) in [5.41, 5.74) is 6.52. The van der Waals surface area contributed by atoms with Gasteiger partial charge in [0.25, 0.3) is 11.8 Å². The summed E-state index contributed by atoms with van der Waals surface area (Å²) in [5, 5.41) is 14.5. The van der Waals surface area contributed by atoms with Crippen molar-refractivity contribution in [2.45, 2.75) is 20.4 Å².